The Morgan fingerprint density at radius 1 is 1.53 bits per heavy atom. The van der Waals surface area contributed by atoms with E-state index >= 15 is 0 Å². The molecule has 0 unspecified atom stereocenters. The van der Waals surface area contributed by atoms with E-state index in [2.05, 4.69) is 20.7 Å². The Morgan fingerprint density at radius 2 is 2.29 bits per heavy atom. The molecule has 17 heavy (non-hydrogen) atoms. The highest BCUT2D eigenvalue weighted by Crippen LogP contribution is 2.27. The second-order valence-electron chi connectivity index (χ2n) is 3.21. The van der Waals surface area contributed by atoms with Crippen LogP contribution in [0.3, 0.4) is 0 Å². The standard InChI is InChI=1S/C9H8N4O3S/c1-4-2-5(9(15)16)8(17-4)11-7(14)6-3-10-13-12-6/h2-3H,1H3,(H,11,14)(H,15,16)(H,10,12,13). The van der Waals surface area contributed by atoms with Crippen LogP contribution in [0, 0.1) is 6.92 Å². The van der Waals surface area contributed by atoms with Gasteiger partial charge in [0.15, 0.2) is 5.69 Å². The van der Waals surface area contributed by atoms with Crippen LogP contribution in [0.1, 0.15) is 25.7 Å². The number of thiophene rings is 1. The third-order valence-electron chi connectivity index (χ3n) is 1.96. The van der Waals surface area contributed by atoms with Gasteiger partial charge in [-0.1, -0.05) is 0 Å². The number of H-pyrrole nitrogens is 1. The van der Waals surface area contributed by atoms with Gasteiger partial charge in [0, 0.05) is 4.88 Å². The average molecular weight is 252 g/mol. The lowest BCUT2D eigenvalue weighted by Gasteiger charge is -2.00. The Bertz CT molecular complexity index is 561. The van der Waals surface area contributed by atoms with Crippen LogP contribution in [-0.2, 0) is 0 Å². The molecule has 2 aromatic heterocycles. The van der Waals surface area contributed by atoms with Crippen molar-refractivity contribution in [2.75, 3.05) is 5.32 Å². The molecule has 2 rings (SSSR count). The molecule has 0 atom stereocenters. The van der Waals surface area contributed by atoms with Crippen molar-refractivity contribution in [1.82, 2.24) is 15.4 Å². The van der Waals surface area contributed by atoms with Crippen molar-refractivity contribution in [2.45, 2.75) is 6.92 Å². The van der Waals surface area contributed by atoms with Crippen molar-refractivity contribution in [1.29, 1.82) is 0 Å². The number of amides is 1. The average Bonchev–Trinajstić information content (AvgIpc) is 2.86. The topological polar surface area (TPSA) is 108 Å². The van der Waals surface area contributed by atoms with Crippen LogP contribution in [0.2, 0.25) is 0 Å². The maximum absolute atomic E-state index is 11.6. The number of nitrogens with zero attached hydrogens (tertiary/aromatic N) is 2. The molecule has 0 bridgehead atoms. The largest absolute Gasteiger partial charge is 0.478 e. The molecule has 2 heterocycles. The van der Waals surface area contributed by atoms with Crippen LogP contribution in [0.4, 0.5) is 5.00 Å². The highest BCUT2D eigenvalue weighted by Gasteiger charge is 2.17. The van der Waals surface area contributed by atoms with E-state index in [-0.39, 0.29) is 11.3 Å². The molecule has 0 aromatic carbocycles. The summed E-state index contributed by atoms with van der Waals surface area (Å²) in [6.45, 7) is 1.77. The summed E-state index contributed by atoms with van der Waals surface area (Å²) in [6.07, 6.45) is 1.26. The zero-order valence-corrected chi connectivity index (χ0v) is 9.54. The van der Waals surface area contributed by atoms with Crippen molar-refractivity contribution >= 4 is 28.2 Å². The normalized spacial score (nSPS) is 10.2. The number of aromatic amines is 1. The zero-order chi connectivity index (χ0) is 12.4. The molecule has 0 radical (unpaired) electrons. The first-order valence-corrected chi connectivity index (χ1v) is 5.40. The molecule has 0 saturated carbocycles. The van der Waals surface area contributed by atoms with Gasteiger partial charge in [0.1, 0.15) is 5.00 Å². The van der Waals surface area contributed by atoms with Crippen LogP contribution in [-0.4, -0.2) is 32.4 Å². The highest BCUT2D eigenvalue weighted by molar-refractivity contribution is 7.16. The highest BCUT2D eigenvalue weighted by atomic mass is 32.1. The number of nitrogens with one attached hydrogen (secondary N) is 2. The van der Waals surface area contributed by atoms with Gasteiger partial charge in [0.2, 0.25) is 0 Å². The van der Waals surface area contributed by atoms with Gasteiger partial charge in [-0.2, -0.15) is 15.4 Å². The van der Waals surface area contributed by atoms with E-state index in [1.54, 1.807) is 6.92 Å². The fourth-order valence-corrected chi connectivity index (χ4v) is 2.14. The van der Waals surface area contributed by atoms with Gasteiger partial charge >= 0.3 is 5.97 Å². The second-order valence-corrected chi connectivity index (χ2v) is 4.47. The molecule has 3 N–H and O–H groups in total. The molecule has 0 aliphatic rings. The summed E-state index contributed by atoms with van der Waals surface area (Å²) in [5.74, 6) is -1.58. The summed E-state index contributed by atoms with van der Waals surface area (Å²) >= 11 is 1.20. The minimum atomic E-state index is -1.08. The maximum atomic E-state index is 11.6. The zero-order valence-electron chi connectivity index (χ0n) is 8.72. The van der Waals surface area contributed by atoms with E-state index in [1.807, 2.05) is 0 Å². The first-order chi connectivity index (χ1) is 8.08. The van der Waals surface area contributed by atoms with Crippen molar-refractivity contribution in [3.8, 4) is 0 Å². The number of carbonyl (C=O) groups is 2. The van der Waals surface area contributed by atoms with Crippen molar-refractivity contribution in [2.24, 2.45) is 0 Å². The third kappa shape index (κ3) is 2.31. The van der Waals surface area contributed by atoms with Crippen molar-refractivity contribution in [3.63, 3.8) is 0 Å². The fourth-order valence-electron chi connectivity index (χ4n) is 1.24. The molecule has 0 spiro atoms. The summed E-state index contributed by atoms with van der Waals surface area (Å²) in [7, 11) is 0. The van der Waals surface area contributed by atoms with Gasteiger partial charge in [-0.25, -0.2) is 4.79 Å². The molecule has 88 valence electrons. The summed E-state index contributed by atoms with van der Waals surface area (Å²) in [5.41, 5.74) is 0.178. The SMILES string of the molecule is Cc1cc(C(=O)O)c(NC(=O)c2cn[nH]n2)s1. The number of anilines is 1. The molecule has 0 saturated heterocycles. The van der Waals surface area contributed by atoms with E-state index in [4.69, 9.17) is 5.11 Å². The number of aromatic carboxylic acids is 1. The molecular formula is C9H8N4O3S. The molecule has 8 heteroatoms. The predicted octanol–water partition coefficient (Wildman–Crippen LogP) is 1.13. The summed E-state index contributed by atoms with van der Waals surface area (Å²) in [6, 6.07) is 1.51. The van der Waals surface area contributed by atoms with Gasteiger partial charge in [-0.15, -0.1) is 11.3 Å². The van der Waals surface area contributed by atoms with E-state index in [0.717, 1.165) is 4.88 Å². The van der Waals surface area contributed by atoms with E-state index in [1.165, 1.54) is 23.6 Å². The minimum Gasteiger partial charge on any atom is -0.478 e. The number of hydrogen-bond donors (Lipinski definition) is 3. The van der Waals surface area contributed by atoms with E-state index in [0.29, 0.717) is 5.00 Å². The van der Waals surface area contributed by atoms with Gasteiger partial charge in [-0.3, -0.25) is 4.79 Å². The molecule has 1 amide bonds. The minimum absolute atomic E-state index is 0.0735. The number of aromatic nitrogens is 3. The molecule has 0 aliphatic carbocycles. The first-order valence-electron chi connectivity index (χ1n) is 4.59. The first kappa shape index (κ1) is 11.3. The summed E-state index contributed by atoms with van der Waals surface area (Å²) in [4.78, 5) is 23.4. The predicted molar refractivity (Wildman–Crippen MR) is 60.4 cm³/mol. The molecular weight excluding hydrogens is 244 g/mol. The Hall–Kier alpha value is -2.22. The number of rotatable bonds is 3. The number of carbonyl (C=O) groups excluding carboxylic acids is 1. The van der Waals surface area contributed by atoms with E-state index < -0.39 is 11.9 Å². The monoisotopic (exact) mass is 252 g/mol. The number of hydrogen-bond acceptors (Lipinski definition) is 5. The molecule has 0 fully saturated rings. The van der Waals surface area contributed by atoms with Crippen LogP contribution in [0.25, 0.3) is 0 Å². The van der Waals surface area contributed by atoms with Crippen LogP contribution in [0.5, 0.6) is 0 Å². The van der Waals surface area contributed by atoms with Gasteiger partial charge in [-0.05, 0) is 13.0 Å². The van der Waals surface area contributed by atoms with Crippen LogP contribution >= 0.6 is 11.3 Å². The lowest BCUT2D eigenvalue weighted by Crippen LogP contribution is -2.13. The molecule has 0 aliphatic heterocycles. The van der Waals surface area contributed by atoms with Crippen LogP contribution in [0.15, 0.2) is 12.3 Å². The van der Waals surface area contributed by atoms with Gasteiger partial charge in [0.25, 0.3) is 5.91 Å². The smallest absolute Gasteiger partial charge is 0.338 e. The van der Waals surface area contributed by atoms with Crippen molar-refractivity contribution < 1.29 is 14.7 Å². The maximum Gasteiger partial charge on any atom is 0.338 e. The lowest BCUT2D eigenvalue weighted by molar-refractivity contribution is 0.0698. The Labute approximate surface area is 99.5 Å². The summed E-state index contributed by atoms with van der Waals surface area (Å²) < 4.78 is 0. The van der Waals surface area contributed by atoms with Crippen molar-refractivity contribution in [3.05, 3.63) is 28.4 Å². The third-order valence-corrected chi connectivity index (χ3v) is 2.93. The second kappa shape index (κ2) is 4.34. The molecule has 7 nitrogen and oxygen atoms in total. The van der Waals surface area contributed by atoms with Gasteiger partial charge < -0.3 is 10.4 Å². The Balaban J connectivity index is 2.24. The quantitative estimate of drug-likeness (QED) is 0.758. The number of carboxylic acids is 1. The Morgan fingerprint density at radius 3 is 2.88 bits per heavy atom. The summed E-state index contributed by atoms with van der Waals surface area (Å²) in [5, 5.41) is 21.1. The fraction of sp³-hybridized carbons (Fsp3) is 0.111. The molecule has 2 aromatic rings. The van der Waals surface area contributed by atoms with Gasteiger partial charge in [0.05, 0.1) is 11.8 Å². The Kier molecular flexibility index (Phi) is 2.88. The lowest BCUT2D eigenvalue weighted by atomic mass is 10.3. The van der Waals surface area contributed by atoms with Crippen LogP contribution < -0.4 is 5.32 Å². The van der Waals surface area contributed by atoms with E-state index in [9.17, 15) is 9.59 Å². The number of aryl methyl sites for hydroxylation is 1. The number of carboxylic acid groups (broad SMARTS) is 1.